The van der Waals surface area contributed by atoms with E-state index in [1.54, 1.807) is 24.3 Å². The van der Waals surface area contributed by atoms with Crippen molar-refractivity contribution in [3.8, 4) is 0 Å². The van der Waals surface area contributed by atoms with Gasteiger partial charge in [-0.2, -0.15) is 8.42 Å². The number of aliphatic hydroxyl groups is 1. The lowest BCUT2D eigenvalue weighted by Crippen LogP contribution is -2.48. The summed E-state index contributed by atoms with van der Waals surface area (Å²) < 4.78 is 26.3. The lowest BCUT2D eigenvalue weighted by atomic mass is 10.2. The number of rotatable bonds is 4. The van der Waals surface area contributed by atoms with Gasteiger partial charge in [0.2, 0.25) is 4.34 Å². The van der Waals surface area contributed by atoms with Crippen molar-refractivity contribution in [2.75, 3.05) is 0 Å². The first-order valence-electron chi connectivity index (χ1n) is 5.67. The average molecular weight is 315 g/mol. The number of carbonyl (C=O) groups is 1. The van der Waals surface area contributed by atoms with Gasteiger partial charge in [-0.3, -0.25) is 4.79 Å². The normalized spacial score (nSPS) is 14.9. The molecule has 0 aliphatic heterocycles. The van der Waals surface area contributed by atoms with Crippen molar-refractivity contribution in [2.24, 2.45) is 5.73 Å². The van der Waals surface area contributed by atoms with Crippen LogP contribution >= 0.6 is 11.3 Å². The molecule has 2 aromatic rings. The molecule has 2 rings (SSSR count). The molecule has 0 fully saturated rings. The van der Waals surface area contributed by atoms with Crippen LogP contribution in [0.15, 0.2) is 28.6 Å². The molecule has 4 N–H and O–H groups in total. The summed E-state index contributed by atoms with van der Waals surface area (Å²) in [5.41, 5.74) is 5.91. The van der Waals surface area contributed by atoms with E-state index in [-0.39, 0.29) is 4.34 Å². The predicted octanol–water partition coefficient (Wildman–Crippen LogP) is -0.191. The molecule has 0 radical (unpaired) electrons. The number of nitrogens with zero attached hydrogens (tertiary/aromatic N) is 1. The summed E-state index contributed by atoms with van der Waals surface area (Å²) >= 11 is 0.949. The van der Waals surface area contributed by atoms with Crippen molar-refractivity contribution in [1.29, 1.82) is 0 Å². The molecule has 0 spiro atoms. The van der Waals surface area contributed by atoms with E-state index in [2.05, 4.69) is 4.98 Å². The number of nitrogens with two attached hydrogens (primary N) is 1. The molecule has 0 saturated carbocycles. The minimum absolute atomic E-state index is 0.218. The summed E-state index contributed by atoms with van der Waals surface area (Å²) in [5, 5.41) is 9.18. The minimum Gasteiger partial charge on any atom is -0.391 e. The van der Waals surface area contributed by atoms with Crippen LogP contribution in [0.4, 0.5) is 0 Å². The number of aromatic nitrogens is 1. The lowest BCUT2D eigenvalue weighted by Gasteiger charge is -2.13. The highest BCUT2D eigenvalue weighted by atomic mass is 32.2. The lowest BCUT2D eigenvalue weighted by molar-refractivity contribution is -0.122. The van der Waals surface area contributed by atoms with E-state index in [1.807, 2.05) is 4.72 Å². The zero-order valence-corrected chi connectivity index (χ0v) is 12.1. The first-order chi connectivity index (χ1) is 9.31. The number of para-hydroxylation sites is 1. The third kappa shape index (κ3) is 2.96. The second-order valence-electron chi connectivity index (χ2n) is 4.18. The number of amides is 1. The van der Waals surface area contributed by atoms with Gasteiger partial charge in [-0.05, 0) is 19.1 Å². The molecule has 0 aliphatic carbocycles. The zero-order chi connectivity index (χ0) is 14.9. The largest absolute Gasteiger partial charge is 0.391 e. The number of aliphatic hydroxyl groups excluding tert-OH is 1. The van der Waals surface area contributed by atoms with E-state index >= 15 is 0 Å². The van der Waals surface area contributed by atoms with Crippen molar-refractivity contribution in [3.05, 3.63) is 24.3 Å². The Kier molecular flexibility index (Phi) is 4.04. The van der Waals surface area contributed by atoms with Crippen LogP contribution in [0.3, 0.4) is 0 Å². The van der Waals surface area contributed by atoms with Crippen molar-refractivity contribution >= 4 is 37.5 Å². The van der Waals surface area contributed by atoms with Crippen LogP contribution in [0, 0.1) is 0 Å². The highest BCUT2D eigenvalue weighted by molar-refractivity contribution is 7.92. The molecular weight excluding hydrogens is 302 g/mol. The Hall–Kier alpha value is -1.55. The van der Waals surface area contributed by atoms with Gasteiger partial charge in [-0.25, -0.2) is 9.71 Å². The van der Waals surface area contributed by atoms with E-state index in [0.717, 1.165) is 11.3 Å². The van der Waals surface area contributed by atoms with Crippen molar-refractivity contribution in [3.63, 3.8) is 0 Å². The standard InChI is InChI=1S/C11H13N3O4S2/c1-6(15)9(12)10(16)14-20(17,18)11-13-7-4-2-3-5-8(7)19-11/h2-6,9,15H,12H2,1H3,(H,14,16). The van der Waals surface area contributed by atoms with Crippen LogP contribution in [-0.2, 0) is 14.8 Å². The second kappa shape index (κ2) is 5.44. The highest BCUT2D eigenvalue weighted by Gasteiger charge is 2.27. The number of hydrogen-bond acceptors (Lipinski definition) is 7. The number of nitrogens with one attached hydrogen (secondary N) is 1. The van der Waals surface area contributed by atoms with Crippen LogP contribution in [0.25, 0.3) is 10.2 Å². The molecule has 20 heavy (non-hydrogen) atoms. The molecule has 1 heterocycles. The predicted molar refractivity (Wildman–Crippen MR) is 74.6 cm³/mol. The molecule has 0 saturated heterocycles. The van der Waals surface area contributed by atoms with Crippen LogP contribution in [0.2, 0.25) is 0 Å². The zero-order valence-electron chi connectivity index (χ0n) is 10.5. The molecule has 9 heteroatoms. The number of hydrogen-bond donors (Lipinski definition) is 3. The summed E-state index contributed by atoms with van der Waals surface area (Å²) in [6.07, 6.45) is -1.15. The van der Waals surface area contributed by atoms with E-state index < -0.39 is 28.1 Å². The molecule has 1 aromatic carbocycles. The van der Waals surface area contributed by atoms with E-state index in [1.165, 1.54) is 6.92 Å². The number of fused-ring (bicyclic) bond motifs is 1. The van der Waals surface area contributed by atoms with E-state index in [0.29, 0.717) is 10.2 Å². The molecule has 0 bridgehead atoms. The Bertz CT molecular complexity index is 706. The maximum atomic E-state index is 12.0. The van der Waals surface area contributed by atoms with Gasteiger partial charge in [0, 0.05) is 0 Å². The molecular formula is C11H13N3O4S2. The summed E-state index contributed by atoms with van der Waals surface area (Å²) in [7, 11) is -4.08. The third-order valence-electron chi connectivity index (χ3n) is 2.56. The number of sulfonamides is 1. The van der Waals surface area contributed by atoms with E-state index in [9.17, 15) is 18.3 Å². The van der Waals surface area contributed by atoms with Gasteiger partial charge in [0.05, 0.1) is 16.3 Å². The van der Waals surface area contributed by atoms with Crippen molar-refractivity contribution in [1.82, 2.24) is 9.71 Å². The van der Waals surface area contributed by atoms with Gasteiger partial charge in [0.1, 0.15) is 6.04 Å². The monoisotopic (exact) mass is 315 g/mol. The van der Waals surface area contributed by atoms with Crippen LogP contribution < -0.4 is 10.5 Å². The van der Waals surface area contributed by atoms with Gasteiger partial charge in [-0.15, -0.1) is 11.3 Å². The minimum atomic E-state index is -4.08. The van der Waals surface area contributed by atoms with Crippen LogP contribution in [-0.4, -0.2) is 36.6 Å². The first-order valence-corrected chi connectivity index (χ1v) is 7.97. The highest BCUT2D eigenvalue weighted by Crippen LogP contribution is 2.24. The van der Waals surface area contributed by atoms with Crippen molar-refractivity contribution in [2.45, 2.75) is 23.4 Å². The maximum Gasteiger partial charge on any atom is 0.291 e. The fraction of sp³-hybridized carbons (Fsp3) is 0.273. The molecule has 1 amide bonds. The Balaban J connectivity index is 2.28. The molecule has 1 aromatic heterocycles. The average Bonchev–Trinajstić information content (AvgIpc) is 2.81. The molecule has 2 unspecified atom stereocenters. The fourth-order valence-corrected chi connectivity index (χ4v) is 3.67. The maximum absolute atomic E-state index is 12.0. The van der Waals surface area contributed by atoms with Crippen LogP contribution in [0.5, 0.6) is 0 Å². The fourth-order valence-electron chi connectivity index (χ4n) is 1.43. The summed E-state index contributed by atoms with van der Waals surface area (Å²) in [6, 6.07) is 5.59. The summed E-state index contributed by atoms with van der Waals surface area (Å²) in [5.74, 6) is -0.973. The van der Waals surface area contributed by atoms with Gasteiger partial charge < -0.3 is 10.8 Å². The first kappa shape index (κ1) is 14.9. The third-order valence-corrected chi connectivity index (χ3v) is 5.32. The molecule has 7 nitrogen and oxygen atoms in total. The topological polar surface area (TPSA) is 122 Å². The Morgan fingerprint density at radius 1 is 1.45 bits per heavy atom. The van der Waals surface area contributed by atoms with Gasteiger partial charge in [0.25, 0.3) is 15.9 Å². The molecule has 108 valence electrons. The summed E-state index contributed by atoms with van der Waals surface area (Å²) in [4.78, 5) is 15.5. The SMILES string of the molecule is CC(O)C(N)C(=O)NS(=O)(=O)c1nc2ccccc2s1. The molecule has 0 aliphatic rings. The van der Waals surface area contributed by atoms with E-state index in [4.69, 9.17) is 5.73 Å². The summed E-state index contributed by atoms with van der Waals surface area (Å²) in [6.45, 7) is 1.30. The number of benzene rings is 1. The Labute approximate surface area is 119 Å². The smallest absolute Gasteiger partial charge is 0.291 e. The number of carbonyl (C=O) groups excluding carboxylic acids is 1. The Morgan fingerprint density at radius 3 is 2.70 bits per heavy atom. The Morgan fingerprint density at radius 2 is 2.10 bits per heavy atom. The molecule has 2 atom stereocenters. The quantitative estimate of drug-likeness (QED) is 0.718. The van der Waals surface area contributed by atoms with Gasteiger partial charge in [-0.1, -0.05) is 12.1 Å². The number of thiazole rings is 1. The second-order valence-corrected chi connectivity index (χ2v) is 7.07. The van der Waals surface area contributed by atoms with Gasteiger partial charge >= 0.3 is 0 Å². The van der Waals surface area contributed by atoms with Crippen LogP contribution in [0.1, 0.15) is 6.92 Å². The van der Waals surface area contributed by atoms with Crippen molar-refractivity contribution < 1.29 is 18.3 Å². The van der Waals surface area contributed by atoms with Gasteiger partial charge in [0.15, 0.2) is 0 Å².